The van der Waals surface area contributed by atoms with E-state index in [4.69, 9.17) is 0 Å². The third-order valence-corrected chi connectivity index (χ3v) is 4.85. The summed E-state index contributed by atoms with van der Waals surface area (Å²) in [5, 5.41) is 3.77. The first-order valence-corrected chi connectivity index (χ1v) is 8.83. The van der Waals surface area contributed by atoms with Crippen molar-refractivity contribution in [1.82, 2.24) is 5.32 Å². The van der Waals surface area contributed by atoms with Crippen molar-refractivity contribution >= 4 is 11.8 Å². The van der Waals surface area contributed by atoms with Crippen molar-refractivity contribution in [2.75, 3.05) is 18.1 Å². The standard InChI is InChI=1S/C15H31NS/c1-3-5-6-7-15(16-10-4-2)13-14-8-11-17-12-9-14/h14-16H,3-13H2,1-2H3. The molecule has 0 amide bonds. The van der Waals surface area contributed by atoms with Gasteiger partial charge in [-0.15, -0.1) is 0 Å². The van der Waals surface area contributed by atoms with E-state index in [0.717, 1.165) is 12.0 Å². The first-order chi connectivity index (χ1) is 8.36. The van der Waals surface area contributed by atoms with E-state index in [1.807, 2.05) is 0 Å². The largest absolute Gasteiger partial charge is 0.314 e. The second-order valence-electron chi connectivity index (χ2n) is 5.44. The summed E-state index contributed by atoms with van der Waals surface area (Å²) in [6.07, 6.45) is 11.2. The molecule has 1 N–H and O–H groups in total. The SMILES string of the molecule is CCCCCC(CC1CCSCC1)NCCC. The highest BCUT2D eigenvalue weighted by Crippen LogP contribution is 2.27. The summed E-state index contributed by atoms with van der Waals surface area (Å²) in [6, 6.07) is 0.801. The van der Waals surface area contributed by atoms with E-state index in [9.17, 15) is 0 Å². The molecule has 1 unspecified atom stereocenters. The van der Waals surface area contributed by atoms with Crippen LogP contribution in [0.3, 0.4) is 0 Å². The van der Waals surface area contributed by atoms with Gasteiger partial charge in [-0.05, 0) is 56.1 Å². The first-order valence-electron chi connectivity index (χ1n) is 7.68. The van der Waals surface area contributed by atoms with Gasteiger partial charge in [-0.2, -0.15) is 11.8 Å². The molecule has 0 aromatic rings. The van der Waals surface area contributed by atoms with Gasteiger partial charge in [-0.3, -0.25) is 0 Å². The summed E-state index contributed by atoms with van der Waals surface area (Å²) < 4.78 is 0. The molecule has 0 radical (unpaired) electrons. The molecule has 0 saturated carbocycles. The number of hydrogen-bond acceptors (Lipinski definition) is 2. The molecule has 0 aliphatic carbocycles. The summed E-state index contributed by atoms with van der Waals surface area (Å²) in [4.78, 5) is 0. The molecule has 0 aromatic heterocycles. The molecule has 1 aliphatic rings. The van der Waals surface area contributed by atoms with Gasteiger partial charge in [0.05, 0.1) is 0 Å². The average molecular weight is 257 g/mol. The van der Waals surface area contributed by atoms with Crippen molar-refractivity contribution in [1.29, 1.82) is 0 Å². The molecule has 1 aliphatic heterocycles. The Bertz CT molecular complexity index is 166. The maximum atomic E-state index is 3.77. The number of thioether (sulfide) groups is 1. The van der Waals surface area contributed by atoms with E-state index >= 15 is 0 Å². The van der Waals surface area contributed by atoms with Crippen LogP contribution in [0.25, 0.3) is 0 Å². The highest BCUT2D eigenvalue weighted by atomic mass is 32.2. The van der Waals surface area contributed by atoms with Crippen molar-refractivity contribution in [2.24, 2.45) is 5.92 Å². The molecular formula is C15H31NS. The van der Waals surface area contributed by atoms with E-state index in [-0.39, 0.29) is 0 Å². The minimum absolute atomic E-state index is 0.801. The Kier molecular flexibility index (Phi) is 9.27. The minimum atomic E-state index is 0.801. The molecule has 0 bridgehead atoms. The molecule has 17 heavy (non-hydrogen) atoms. The third-order valence-electron chi connectivity index (χ3n) is 3.80. The van der Waals surface area contributed by atoms with Crippen molar-refractivity contribution < 1.29 is 0 Å². The zero-order valence-corrected chi connectivity index (χ0v) is 12.7. The molecule has 1 saturated heterocycles. The number of nitrogens with one attached hydrogen (secondary N) is 1. The second kappa shape index (κ2) is 10.3. The summed E-state index contributed by atoms with van der Waals surface area (Å²) in [7, 11) is 0. The van der Waals surface area contributed by atoms with E-state index in [2.05, 4.69) is 30.9 Å². The monoisotopic (exact) mass is 257 g/mol. The second-order valence-corrected chi connectivity index (χ2v) is 6.66. The lowest BCUT2D eigenvalue weighted by Gasteiger charge is -2.27. The van der Waals surface area contributed by atoms with Gasteiger partial charge in [0.2, 0.25) is 0 Å². The summed E-state index contributed by atoms with van der Waals surface area (Å²) in [6.45, 7) is 5.78. The topological polar surface area (TPSA) is 12.0 Å². The van der Waals surface area contributed by atoms with Gasteiger partial charge >= 0.3 is 0 Å². The van der Waals surface area contributed by atoms with E-state index in [1.54, 1.807) is 0 Å². The minimum Gasteiger partial charge on any atom is -0.314 e. The van der Waals surface area contributed by atoms with Crippen LogP contribution in [0.15, 0.2) is 0 Å². The van der Waals surface area contributed by atoms with Crippen LogP contribution >= 0.6 is 11.8 Å². The summed E-state index contributed by atoms with van der Waals surface area (Å²) in [5.74, 6) is 3.81. The third kappa shape index (κ3) is 7.35. The van der Waals surface area contributed by atoms with Crippen molar-refractivity contribution in [3.8, 4) is 0 Å². The highest BCUT2D eigenvalue weighted by Gasteiger charge is 2.18. The van der Waals surface area contributed by atoms with E-state index in [1.165, 1.54) is 69.4 Å². The number of hydrogen-bond donors (Lipinski definition) is 1. The molecule has 102 valence electrons. The van der Waals surface area contributed by atoms with Gasteiger partial charge in [-0.1, -0.05) is 33.1 Å². The zero-order valence-electron chi connectivity index (χ0n) is 11.8. The van der Waals surface area contributed by atoms with E-state index in [0.29, 0.717) is 0 Å². The molecule has 1 nitrogen and oxygen atoms in total. The number of unbranched alkanes of at least 4 members (excludes halogenated alkanes) is 2. The normalized spacial score (nSPS) is 19.4. The smallest absolute Gasteiger partial charge is 0.00697 e. The van der Waals surface area contributed by atoms with Crippen LogP contribution in [0.1, 0.15) is 65.2 Å². The first kappa shape index (κ1) is 15.4. The van der Waals surface area contributed by atoms with Crippen LogP contribution in [0.5, 0.6) is 0 Å². The number of rotatable bonds is 9. The molecular weight excluding hydrogens is 226 g/mol. The van der Waals surface area contributed by atoms with Gasteiger partial charge in [0.1, 0.15) is 0 Å². The van der Waals surface area contributed by atoms with Crippen LogP contribution in [-0.4, -0.2) is 24.1 Å². The molecule has 2 heteroatoms. The van der Waals surface area contributed by atoms with Gasteiger partial charge in [0, 0.05) is 6.04 Å². The fraction of sp³-hybridized carbons (Fsp3) is 1.00. The molecule has 0 spiro atoms. The van der Waals surface area contributed by atoms with Crippen LogP contribution in [-0.2, 0) is 0 Å². The van der Waals surface area contributed by atoms with Crippen LogP contribution in [0.2, 0.25) is 0 Å². The Morgan fingerprint density at radius 2 is 1.88 bits per heavy atom. The average Bonchev–Trinajstić information content (AvgIpc) is 2.37. The van der Waals surface area contributed by atoms with Gasteiger partial charge in [0.15, 0.2) is 0 Å². The molecule has 1 fully saturated rings. The van der Waals surface area contributed by atoms with Gasteiger partial charge in [-0.25, -0.2) is 0 Å². The molecule has 1 rings (SSSR count). The van der Waals surface area contributed by atoms with Crippen molar-refractivity contribution in [2.45, 2.75) is 71.3 Å². The van der Waals surface area contributed by atoms with Crippen molar-refractivity contribution in [3.05, 3.63) is 0 Å². The van der Waals surface area contributed by atoms with Crippen LogP contribution in [0.4, 0.5) is 0 Å². The summed E-state index contributed by atoms with van der Waals surface area (Å²) >= 11 is 2.14. The maximum Gasteiger partial charge on any atom is 0.00697 e. The van der Waals surface area contributed by atoms with E-state index < -0.39 is 0 Å². The lowest BCUT2D eigenvalue weighted by atomic mass is 9.91. The Balaban J connectivity index is 2.22. The molecule has 0 aromatic carbocycles. The quantitative estimate of drug-likeness (QED) is 0.612. The fourth-order valence-corrected chi connectivity index (χ4v) is 3.88. The van der Waals surface area contributed by atoms with Gasteiger partial charge in [0.25, 0.3) is 0 Å². The maximum absolute atomic E-state index is 3.77. The van der Waals surface area contributed by atoms with Crippen LogP contribution < -0.4 is 5.32 Å². The zero-order chi connectivity index (χ0) is 12.3. The predicted octanol–water partition coefficient (Wildman–Crippen LogP) is 4.47. The Hall–Kier alpha value is 0.310. The lowest BCUT2D eigenvalue weighted by molar-refractivity contribution is 0.344. The Morgan fingerprint density at radius 3 is 2.53 bits per heavy atom. The Morgan fingerprint density at radius 1 is 1.12 bits per heavy atom. The Labute approximate surface area is 113 Å². The van der Waals surface area contributed by atoms with Gasteiger partial charge < -0.3 is 5.32 Å². The predicted molar refractivity (Wildman–Crippen MR) is 80.9 cm³/mol. The van der Waals surface area contributed by atoms with Crippen molar-refractivity contribution in [3.63, 3.8) is 0 Å². The lowest BCUT2D eigenvalue weighted by Crippen LogP contribution is -2.32. The molecule has 1 atom stereocenters. The molecule has 1 heterocycles. The highest BCUT2D eigenvalue weighted by molar-refractivity contribution is 7.99. The van der Waals surface area contributed by atoms with Crippen LogP contribution in [0, 0.1) is 5.92 Å². The fourth-order valence-electron chi connectivity index (χ4n) is 2.68. The summed E-state index contributed by atoms with van der Waals surface area (Å²) in [5.41, 5.74) is 0.